The first-order chi connectivity index (χ1) is 13.4. The van der Waals surface area contributed by atoms with Crippen LogP contribution in [0.4, 0.5) is 4.39 Å². The third kappa shape index (κ3) is 3.01. The molecule has 2 aromatic heterocycles. The number of nitrogens with zero attached hydrogens (tertiary/aromatic N) is 3. The molecule has 140 valence electrons. The minimum Gasteiger partial charge on any atom is -0.346 e. The van der Waals surface area contributed by atoms with Crippen molar-refractivity contribution in [2.24, 2.45) is 0 Å². The van der Waals surface area contributed by atoms with Crippen LogP contribution in [0, 0.1) is 17.1 Å². The van der Waals surface area contributed by atoms with Crippen LogP contribution in [0.2, 0.25) is 0 Å². The molecule has 1 aliphatic rings. The van der Waals surface area contributed by atoms with Gasteiger partial charge in [0.25, 0.3) is 5.56 Å². The van der Waals surface area contributed by atoms with Gasteiger partial charge in [0.1, 0.15) is 17.6 Å². The number of pyridine rings is 1. The number of halogens is 1. The van der Waals surface area contributed by atoms with Gasteiger partial charge in [0.2, 0.25) is 5.91 Å². The van der Waals surface area contributed by atoms with Gasteiger partial charge in [0.15, 0.2) is 5.82 Å². The Morgan fingerprint density at radius 3 is 2.86 bits per heavy atom. The third-order valence-corrected chi connectivity index (χ3v) is 5.03. The fourth-order valence-corrected chi connectivity index (χ4v) is 3.32. The minimum atomic E-state index is -0.949. The van der Waals surface area contributed by atoms with E-state index in [9.17, 15) is 14.0 Å². The number of nitriles is 1. The molecule has 0 aliphatic heterocycles. The smallest absolute Gasteiger partial charge is 0.252 e. The highest BCUT2D eigenvalue weighted by Gasteiger charge is 2.53. The van der Waals surface area contributed by atoms with E-state index in [0.29, 0.717) is 35.1 Å². The molecular formula is C20H16FN5O2. The highest BCUT2D eigenvalue weighted by atomic mass is 19.1. The Kier molecular flexibility index (Phi) is 4.15. The van der Waals surface area contributed by atoms with Crippen molar-refractivity contribution >= 4 is 16.8 Å². The van der Waals surface area contributed by atoms with Crippen molar-refractivity contribution < 1.29 is 9.18 Å². The topological polar surface area (TPSA) is 112 Å². The first kappa shape index (κ1) is 17.8. The van der Waals surface area contributed by atoms with E-state index in [2.05, 4.69) is 20.3 Å². The normalized spacial score (nSPS) is 15.6. The Hall–Kier alpha value is -3.60. The lowest BCUT2D eigenvalue weighted by Crippen LogP contribution is -2.39. The Labute approximate surface area is 159 Å². The van der Waals surface area contributed by atoms with Crippen LogP contribution in [-0.4, -0.2) is 20.9 Å². The second-order valence-corrected chi connectivity index (χ2v) is 6.93. The molecule has 2 N–H and O–H groups in total. The number of H-pyrrole nitrogens is 1. The van der Waals surface area contributed by atoms with E-state index in [4.69, 9.17) is 5.26 Å². The van der Waals surface area contributed by atoms with Crippen molar-refractivity contribution in [2.45, 2.75) is 31.2 Å². The lowest BCUT2D eigenvalue weighted by molar-refractivity contribution is -0.124. The largest absolute Gasteiger partial charge is 0.346 e. The van der Waals surface area contributed by atoms with Gasteiger partial charge < -0.3 is 10.3 Å². The number of carbonyl (C=O) groups excluding carboxylic acids is 1. The van der Waals surface area contributed by atoms with Gasteiger partial charge in [-0.25, -0.2) is 14.4 Å². The average molecular weight is 377 g/mol. The van der Waals surface area contributed by atoms with E-state index in [1.54, 1.807) is 13.0 Å². The summed E-state index contributed by atoms with van der Waals surface area (Å²) in [5.41, 5.74) is -0.263. The van der Waals surface area contributed by atoms with Gasteiger partial charge in [-0.2, -0.15) is 5.26 Å². The van der Waals surface area contributed by atoms with Crippen LogP contribution in [0.3, 0.4) is 0 Å². The van der Waals surface area contributed by atoms with Gasteiger partial charge in [-0.3, -0.25) is 9.59 Å². The summed E-state index contributed by atoms with van der Waals surface area (Å²) in [6.45, 7) is 1.71. The van der Waals surface area contributed by atoms with E-state index in [-0.39, 0.29) is 17.2 Å². The molecule has 28 heavy (non-hydrogen) atoms. The van der Waals surface area contributed by atoms with E-state index < -0.39 is 17.3 Å². The number of hydrogen-bond acceptors (Lipinski definition) is 5. The van der Waals surface area contributed by atoms with Gasteiger partial charge in [0.05, 0.1) is 11.5 Å². The Balaban J connectivity index is 1.64. The van der Waals surface area contributed by atoms with Crippen LogP contribution in [0.15, 0.2) is 41.3 Å². The maximum absolute atomic E-state index is 13.6. The summed E-state index contributed by atoms with van der Waals surface area (Å²) in [6.07, 6.45) is 2.50. The highest BCUT2D eigenvalue weighted by Crippen LogP contribution is 2.47. The van der Waals surface area contributed by atoms with Crippen molar-refractivity contribution in [1.29, 1.82) is 5.26 Å². The van der Waals surface area contributed by atoms with Crippen LogP contribution in [-0.2, 0) is 10.2 Å². The van der Waals surface area contributed by atoms with Gasteiger partial charge in [0, 0.05) is 22.7 Å². The number of carbonyl (C=O) groups is 1. The van der Waals surface area contributed by atoms with Gasteiger partial charge in [-0.15, -0.1) is 0 Å². The van der Waals surface area contributed by atoms with Gasteiger partial charge in [-0.05, 0) is 50.1 Å². The second-order valence-electron chi connectivity index (χ2n) is 6.93. The zero-order chi connectivity index (χ0) is 19.9. The Bertz CT molecular complexity index is 1190. The van der Waals surface area contributed by atoms with Gasteiger partial charge in [-0.1, -0.05) is 0 Å². The molecule has 1 aliphatic carbocycles. The molecule has 1 fully saturated rings. The number of amides is 1. The molecule has 1 amide bonds. The quantitative estimate of drug-likeness (QED) is 0.724. The molecule has 0 bridgehead atoms. The maximum atomic E-state index is 13.6. The summed E-state index contributed by atoms with van der Waals surface area (Å²) in [7, 11) is 0. The molecule has 7 nitrogen and oxygen atoms in total. The summed E-state index contributed by atoms with van der Waals surface area (Å²) in [4.78, 5) is 36.4. The summed E-state index contributed by atoms with van der Waals surface area (Å²) >= 11 is 0. The van der Waals surface area contributed by atoms with Gasteiger partial charge >= 0.3 is 0 Å². The SMILES string of the molecule is C[C@H](NC(=O)C1(c2cc3cc(F)ccc3[nH]c2=O)CC1)c1nccc(C#N)n1. The third-order valence-electron chi connectivity index (χ3n) is 5.03. The van der Waals surface area contributed by atoms with Crippen molar-refractivity contribution in [3.05, 3.63) is 69.8 Å². The summed E-state index contributed by atoms with van der Waals surface area (Å²) in [6, 6.07) is 8.56. The molecular weight excluding hydrogens is 361 g/mol. The van der Waals surface area contributed by atoms with Crippen LogP contribution < -0.4 is 10.9 Å². The Morgan fingerprint density at radius 2 is 2.14 bits per heavy atom. The highest BCUT2D eigenvalue weighted by molar-refractivity contribution is 5.92. The van der Waals surface area contributed by atoms with Crippen molar-refractivity contribution in [1.82, 2.24) is 20.3 Å². The first-order valence-electron chi connectivity index (χ1n) is 8.80. The molecule has 0 spiro atoms. The molecule has 0 unspecified atom stereocenters. The molecule has 1 atom stereocenters. The number of nitrogens with one attached hydrogen (secondary N) is 2. The number of benzene rings is 1. The monoisotopic (exact) mass is 377 g/mol. The molecule has 8 heteroatoms. The molecule has 2 heterocycles. The van der Waals surface area contributed by atoms with E-state index >= 15 is 0 Å². The van der Waals surface area contributed by atoms with E-state index in [0.717, 1.165) is 0 Å². The average Bonchev–Trinajstić information content (AvgIpc) is 3.49. The van der Waals surface area contributed by atoms with Crippen molar-refractivity contribution in [3.8, 4) is 6.07 Å². The fourth-order valence-electron chi connectivity index (χ4n) is 3.32. The van der Waals surface area contributed by atoms with Crippen molar-refractivity contribution in [2.75, 3.05) is 0 Å². The van der Waals surface area contributed by atoms with E-state index in [1.807, 2.05) is 6.07 Å². The number of fused-ring (bicyclic) bond motifs is 1. The van der Waals surface area contributed by atoms with Crippen LogP contribution >= 0.6 is 0 Å². The molecule has 3 aromatic rings. The van der Waals surface area contributed by atoms with Crippen LogP contribution in [0.5, 0.6) is 0 Å². The Morgan fingerprint density at radius 1 is 1.36 bits per heavy atom. The summed E-state index contributed by atoms with van der Waals surface area (Å²) in [5.74, 6) is -0.409. The number of aromatic nitrogens is 3. The van der Waals surface area contributed by atoms with Crippen LogP contribution in [0.25, 0.3) is 10.9 Å². The lowest BCUT2D eigenvalue weighted by atomic mass is 9.94. The molecule has 1 aromatic carbocycles. The lowest BCUT2D eigenvalue weighted by Gasteiger charge is -2.19. The number of rotatable bonds is 4. The zero-order valence-electron chi connectivity index (χ0n) is 15.0. The standard InChI is InChI=1S/C20H16FN5O2/c1-11(17-23-7-4-14(10-22)25-17)24-19(28)20(5-6-20)15-9-12-8-13(21)2-3-16(12)26-18(15)27/h2-4,7-9,11H,5-6H2,1H3,(H,24,28)(H,26,27)/t11-/m0/s1. The molecule has 0 radical (unpaired) electrons. The fraction of sp³-hybridized carbons (Fsp3) is 0.250. The molecule has 4 rings (SSSR count). The summed E-state index contributed by atoms with van der Waals surface area (Å²) in [5, 5.41) is 12.3. The molecule has 1 saturated carbocycles. The van der Waals surface area contributed by atoms with Crippen molar-refractivity contribution in [3.63, 3.8) is 0 Å². The van der Waals surface area contributed by atoms with Crippen LogP contribution in [0.1, 0.15) is 42.9 Å². The first-order valence-corrected chi connectivity index (χ1v) is 8.80. The summed E-state index contributed by atoms with van der Waals surface area (Å²) < 4.78 is 13.6. The number of hydrogen-bond donors (Lipinski definition) is 2. The van der Waals surface area contributed by atoms with E-state index in [1.165, 1.54) is 30.5 Å². The predicted molar refractivity (Wildman–Crippen MR) is 98.7 cm³/mol. The zero-order valence-corrected chi connectivity index (χ0v) is 15.0. The minimum absolute atomic E-state index is 0.209. The number of aromatic amines is 1. The second kappa shape index (κ2) is 6.53. The molecule has 0 saturated heterocycles. The maximum Gasteiger partial charge on any atom is 0.252 e. The predicted octanol–water partition coefficient (Wildman–Crippen LogP) is 2.24.